The normalized spacial score (nSPS) is 38.9. The van der Waals surface area contributed by atoms with Gasteiger partial charge in [-0.05, 0) is 62.8 Å². The van der Waals surface area contributed by atoms with Crippen LogP contribution in [0.15, 0.2) is 60.7 Å². The molecule has 5 heteroatoms. The molecular formula is C30H24O5. The monoisotopic (exact) mass is 464 g/mol. The highest BCUT2D eigenvalue weighted by molar-refractivity contribution is 6.24. The minimum Gasteiger partial charge on any atom is -0.468 e. The van der Waals surface area contributed by atoms with E-state index in [0.717, 1.165) is 39.1 Å². The van der Waals surface area contributed by atoms with Gasteiger partial charge >= 0.3 is 11.9 Å². The summed E-state index contributed by atoms with van der Waals surface area (Å²) in [6.07, 6.45) is 5.17. The molecule has 3 saturated carbocycles. The van der Waals surface area contributed by atoms with Crippen molar-refractivity contribution in [3.8, 4) is 0 Å². The van der Waals surface area contributed by atoms with Crippen molar-refractivity contribution in [1.82, 2.24) is 0 Å². The molecule has 0 N–H and O–H groups in total. The first-order chi connectivity index (χ1) is 17.0. The van der Waals surface area contributed by atoms with Crippen molar-refractivity contribution in [2.75, 3.05) is 14.2 Å². The molecule has 3 fully saturated rings. The molecule has 35 heavy (non-hydrogen) atoms. The lowest BCUT2D eigenvalue weighted by molar-refractivity contribution is -0.162. The molecule has 0 aliphatic heterocycles. The molecule has 8 rings (SSSR count). The van der Waals surface area contributed by atoms with Gasteiger partial charge in [-0.2, -0.15) is 0 Å². The smallest absolute Gasteiger partial charge is 0.320 e. The first kappa shape index (κ1) is 19.8. The van der Waals surface area contributed by atoms with Crippen LogP contribution < -0.4 is 0 Å². The average molecular weight is 465 g/mol. The lowest BCUT2D eigenvalue weighted by atomic mass is 9.50. The molecule has 5 aliphatic rings. The lowest BCUT2D eigenvalue weighted by Gasteiger charge is -2.50. The van der Waals surface area contributed by atoms with Gasteiger partial charge in [0.05, 0.1) is 14.2 Å². The van der Waals surface area contributed by atoms with Crippen molar-refractivity contribution in [2.24, 2.45) is 34.5 Å². The number of allylic oxidation sites excluding steroid dienone is 2. The predicted octanol–water partition coefficient (Wildman–Crippen LogP) is 4.53. The Bertz CT molecular complexity index is 1460. The van der Waals surface area contributed by atoms with Crippen molar-refractivity contribution in [2.45, 2.75) is 18.3 Å². The van der Waals surface area contributed by atoms with E-state index >= 15 is 0 Å². The van der Waals surface area contributed by atoms with Crippen LogP contribution in [-0.2, 0) is 23.9 Å². The molecular weight excluding hydrogens is 440 g/mol. The largest absolute Gasteiger partial charge is 0.468 e. The van der Waals surface area contributed by atoms with E-state index in [-0.39, 0.29) is 29.5 Å². The van der Waals surface area contributed by atoms with Gasteiger partial charge in [-0.15, -0.1) is 0 Å². The van der Waals surface area contributed by atoms with Crippen LogP contribution in [0.3, 0.4) is 0 Å². The molecule has 0 amide bonds. The van der Waals surface area contributed by atoms with Gasteiger partial charge in [-0.1, -0.05) is 60.7 Å². The van der Waals surface area contributed by atoms with E-state index in [1.807, 2.05) is 12.1 Å². The second-order valence-electron chi connectivity index (χ2n) is 11.0. The molecule has 174 valence electrons. The molecule has 0 spiro atoms. The van der Waals surface area contributed by atoms with E-state index in [0.29, 0.717) is 0 Å². The van der Waals surface area contributed by atoms with Crippen LogP contribution >= 0.6 is 0 Å². The second-order valence-corrected chi connectivity index (χ2v) is 11.0. The summed E-state index contributed by atoms with van der Waals surface area (Å²) in [5.74, 6) is -2.61. The van der Waals surface area contributed by atoms with E-state index in [1.54, 1.807) is 0 Å². The van der Waals surface area contributed by atoms with Crippen LogP contribution in [0.4, 0.5) is 0 Å². The summed E-state index contributed by atoms with van der Waals surface area (Å²) >= 11 is 0. The highest BCUT2D eigenvalue weighted by atomic mass is 16.5. The number of carbonyl (C=O) groups excluding carboxylic acids is 3. The number of ketones is 1. The molecule has 0 heterocycles. The maximum absolute atomic E-state index is 14.9. The van der Waals surface area contributed by atoms with Crippen LogP contribution in [0, 0.1) is 34.5 Å². The molecule has 5 aliphatic carbocycles. The van der Waals surface area contributed by atoms with E-state index in [1.165, 1.54) is 14.2 Å². The minimum absolute atomic E-state index is 0.0766. The SMILES string of the molecule is COC(=O)C12C(=O)[C@@](C(=O)OC)(C3c4cccc5ccc6cccc(c6c45)C31)C1C2C2C=C[C@@H]1C2. The number of benzene rings is 3. The molecule has 4 bridgehead atoms. The maximum Gasteiger partial charge on any atom is 0.320 e. The molecule has 8 atom stereocenters. The fourth-order valence-electron chi connectivity index (χ4n) is 9.56. The number of hydrogen-bond acceptors (Lipinski definition) is 5. The number of hydrogen-bond donors (Lipinski definition) is 0. The first-order valence-electron chi connectivity index (χ1n) is 12.4. The van der Waals surface area contributed by atoms with Gasteiger partial charge in [-0.25, -0.2) is 0 Å². The van der Waals surface area contributed by atoms with Crippen LogP contribution in [0.1, 0.15) is 29.4 Å². The Morgan fingerprint density at radius 1 is 0.743 bits per heavy atom. The van der Waals surface area contributed by atoms with Gasteiger partial charge in [0.25, 0.3) is 0 Å². The Morgan fingerprint density at radius 3 is 1.63 bits per heavy atom. The summed E-state index contributed by atoms with van der Waals surface area (Å²) in [5.41, 5.74) is -0.864. The standard InChI is InChI=1S/C30H24O5/c1-34-27(32)29-22-16-11-12-17(13-16)23(22)30(26(29)31,28(33)35-2)25-19-8-4-6-15-10-9-14-5-3-7-18(24(25)29)20(14)21(15)19/h3-12,16-17,22-25H,13H2,1-2H3/t16-,17?,22?,23?,24?,25?,29+,30?/m1/s1. The Morgan fingerprint density at radius 2 is 1.20 bits per heavy atom. The van der Waals surface area contributed by atoms with E-state index in [9.17, 15) is 14.4 Å². The van der Waals surface area contributed by atoms with Crippen molar-refractivity contribution >= 4 is 39.3 Å². The molecule has 0 saturated heterocycles. The van der Waals surface area contributed by atoms with Gasteiger partial charge < -0.3 is 9.47 Å². The second kappa shape index (κ2) is 6.01. The zero-order chi connectivity index (χ0) is 23.9. The maximum atomic E-state index is 14.9. The summed E-state index contributed by atoms with van der Waals surface area (Å²) in [5, 5.41) is 4.32. The Labute approximate surface area is 202 Å². The zero-order valence-corrected chi connectivity index (χ0v) is 19.5. The lowest BCUT2D eigenvalue weighted by Crippen LogP contribution is -2.52. The van der Waals surface area contributed by atoms with Crippen LogP contribution in [0.25, 0.3) is 21.5 Å². The summed E-state index contributed by atoms with van der Waals surface area (Å²) in [6, 6.07) is 16.5. The fourth-order valence-corrected chi connectivity index (χ4v) is 9.56. The van der Waals surface area contributed by atoms with Gasteiger partial charge in [-0.3, -0.25) is 14.4 Å². The molecule has 3 aromatic carbocycles. The number of rotatable bonds is 2. The number of methoxy groups -OCH3 is 2. The third kappa shape index (κ3) is 1.77. The predicted molar refractivity (Wildman–Crippen MR) is 129 cm³/mol. The van der Waals surface area contributed by atoms with Crippen LogP contribution in [-0.4, -0.2) is 31.9 Å². The third-order valence-corrected chi connectivity index (χ3v) is 10.2. The molecule has 5 nitrogen and oxygen atoms in total. The Balaban J connectivity index is 1.59. The summed E-state index contributed by atoms with van der Waals surface area (Å²) < 4.78 is 10.9. The highest BCUT2D eigenvalue weighted by Gasteiger charge is 2.89. The third-order valence-electron chi connectivity index (χ3n) is 10.2. The number of carbonyl (C=O) groups is 3. The topological polar surface area (TPSA) is 69.7 Å². The van der Waals surface area contributed by atoms with Gasteiger partial charge in [0.1, 0.15) is 10.8 Å². The number of esters is 2. The number of Topliss-reactive ketones (excluding diaryl/α,β-unsaturated/α-hetero) is 1. The van der Waals surface area contributed by atoms with Crippen molar-refractivity contribution in [3.05, 3.63) is 71.8 Å². The van der Waals surface area contributed by atoms with Gasteiger partial charge in [0.2, 0.25) is 0 Å². The van der Waals surface area contributed by atoms with Crippen molar-refractivity contribution < 1.29 is 23.9 Å². The molecule has 6 unspecified atom stereocenters. The summed E-state index contributed by atoms with van der Waals surface area (Å²) in [4.78, 5) is 42.8. The number of ether oxygens (including phenoxy) is 2. The van der Waals surface area contributed by atoms with E-state index in [4.69, 9.17) is 9.47 Å². The molecule has 3 aromatic rings. The zero-order valence-electron chi connectivity index (χ0n) is 19.5. The minimum atomic E-state index is -1.41. The Hall–Kier alpha value is -3.47. The average Bonchev–Trinajstić information content (AvgIpc) is 3.63. The van der Waals surface area contributed by atoms with Crippen molar-refractivity contribution in [3.63, 3.8) is 0 Å². The molecule has 0 aromatic heterocycles. The Kier molecular flexibility index (Phi) is 3.40. The number of fused-ring (bicyclic) bond motifs is 14. The summed E-state index contributed by atoms with van der Waals surface area (Å²) in [6.45, 7) is 0. The van der Waals surface area contributed by atoms with Crippen LogP contribution in [0.5, 0.6) is 0 Å². The first-order valence-corrected chi connectivity index (χ1v) is 12.4. The van der Waals surface area contributed by atoms with Crippen LogP contribution in [0.2, 0.25) is 0 Å². The summed E-state index contributed by atoms with van der Waals surface area (Å²) in [7, 11) is 2.73. The van der Waals surface area contributed by atoms with Crippen molar-refractivity contribution in [1.29, 1.82) is 0 Å². The van der Waals surface area contributed by atoms with Gasteiger partial charge in [0, 0.05) is 11.8 Å². The van der Waals surface area contributed by atoms with E-state index in [2.05, 4.69) is 48.6 Å². The van der Waals surface area contributed by atoms with Gasteiger partial charge in [0.15, 0.2) is 5.78 Å². The highest BCUT2D eigenvalue weighted by Crippen LogP contribution is 2.82. The molecule has 0 radical (unpaired) electrons. The quantitative estimate of drug-likeness (QED) is 0.183. The van der Waals surface area contributed by atoms with E-state index < -0.39 is 34.6 Å². The fraction of sp³-hybridized carbons (Fsp3) is 0.367.